The van der Waals surface area contributed by atoms with Crippen LogP contribution in [0.25, 0.3) is 0 Å². The van der Waals surface area contributed by atoms with E-state index in [-0.39, 0.29) is 30.0 Å². The highest BCUT2D eigenvalue weighted by Gasteiger charge is 2.33. The van der Waals surface area contributed by atoms with Crippen molar-refractivity contribution in [2.75, 3.05) is 13.1 Å². The molecule has 0 aromatic carbocycles. The molecule has 2 aromatic heterocycles. The molecule has 2 aliphatic heterocycles. The van der Waals surface area contributed by atoms with Crippen LogP contribution in [0.3, 0.4) is 0 Å². The lowest BCUT2D eigenvalue weighted by atomic mass is 10.1. The van der Waals surface area contributed by atoms with Gasteiger partial charge in [-0.15, -0.1) is 11.3 Å². The van der Waals surface area contributed by atoms with Crippen LogP contribution in [0.2, 0.25) is 0 Å². The Bertz CT molecular complexity index is 937. The number of amides is 2. The van der Waals surface area contributed by atoms with Gasteiger partial charge in [-0.3, -0.25) is 14.4 Å². The van der Waals surface area contributed by atoms with Gasteiger partial charge < -0.3 is 14.8 Å². The van der Waals surface area contributed by atoms with Gasteiger partial charge in [0.25, 0.3) is 11.5 Å². The summed E-state index contributed by atoms with van der Waals surface area (Å²) < 4.78 is 0. The van der Waals surface area contributed by atoms with Crippen LogP contribution in [0, 0.1) is 0 Å². The summed E-state index contributed by atoms with van der Waals surface area (Å²) in [5.74, 6) is 0.665. The predicted molar refractivity (Wildman–Crippen MR) is 106 cm³/mol. The third kappa shape index (κ3) is 3.48. The van der Waals surface area contributed by atoms with Crippen molar-refractivity contribution in [3.05, 3.63) is 49.8 Å². The third-order valence-electron chi connectivity index (χ3n) is 5.46. The van der Waals surface area contributed by atoms with Gasteiger partial charge in [0.2, 0.25) is 5.91 Å². The maximum absolute atomic E-state index is 12.8. The Morgan fingerprint density at radius 3 is 2.96 bits per heavy atom. The number of carbonyl (C=O) groups is 2. The average molecular weight is 401 g/mol. The fourth-order valence-electron chi connectivity index (χ4n) is 4.04. The van der Waals surface area contributed by atoms with E-state index < -0.39 is 0 Å². The Kier molecular flexibility index (Phi) is 5.30. The molecule has 2 aromatic rings. The van der Waals surface area contributed by atoms with Crippen molar-refractivity contribution in [2.24, 2.45) is 0 Å². The molecule has 8 heteroatoms. The number of hydrogen-bond acceptors (Lipinski definition) is 5. The highest BCUT2D eigenvalue weighted by atomic mass is 32.1. The molecule has 2 aliphatic rings. The topological polar surface area (TPSA) is 86.4 Å². The van der Waals surface area contributed by atoms with E-state index in [1.165, 1.54) is 11.3 Å². The first kappa shape index (κ1) is 18.9. The second-order valence-electron chi connectivity index (χ2n) is 7.33. The van der Waals surface area contributed by atoms with E-state index in [0.29, 0.717) is 42.2 Å². The zero-order valence-electron chi connectivity index (χ0n) is 15.9. The molecular formula is C20H24N4O3S. The van der Waals surface area contributed by atoms with Crippen LogP contribution in [0.15, 0.2) is 22.3 Å². The summed E-state index contributed by atoms with van der Waals surface area (Å²) in [6.45, 7) is 3.53. The van der Waals surface area contributed by atoms with Gasteiger partial charge in [-0.2, -0.15) is 0 Å². The number of aromatic amines is 1. The first-order chi connectivity index (χ1) is 13.6. The van der Waals surface area contributed by atoms with Gasteiger partial charge in [0, 0.05) is 25.9 Å². The number of aromatic nitrogens is 2. The van der Waals surface area contributed by atoms with Crippen LogP contribution in [-0.2, 0) is 17.8 Å². The Morgan fingerprint density at radius 1 is 1.36 bits per heavy atom. The molecule has 4 heterocycles. The van der Waals surface area contributed by atoms with Crippen LogP contribution < -0.4 is 5.56 Å². The molecule has 148 valence electrons. The van der Waals surface area contributed by atoms with E-state index in [1.54, 1.807) is 11.0 Å². The lowest BCUT2D eigenvalue weighted by Crippen LogP contribution is -2.40. The molecule has 2 amide bonds. The molecule has 1 atom stereocenters. The van der Waals surface area contributed by atoms with Crippen LogP contribution in [-0.4, -0.2) is 44.7 Å². The van der Waals surface area contributed by atoms with Crippen molar-refractivity contribution in [1.29, 1.82) is 0 Å². The van der Waals surface area contributed by atoms with Crippen LogP contribution in [0.5, 0.6) is 0 Å². The molecule has 0 spiro atoms. The van der Waals surface area contributed by atoms with Gasteiger partial charge >= 0.3 is 0 Å². The van der Waals surface area contributed by atoms with Crippen molar-refractivity contribution in [2.45, 2.75) is 51.6 Å². The number of hydrogen-bond donors (Lipinski definition) is 1. The SMILES string of the molecule is CCCC(=O)N1CCCC1c1nc2c(c(=O)[nH]1)CN(C(=O)c1cccs1)CC2. The third-order valence-corrected chi connectivity index (χ3v) is 6.32. The van der Waals surface area contributed by atoms with E-state index in [4.69, 9.17) is 4.98 Å². The Morgan fingerprint density at radius 2 is 2.21 bits per heavy atom. The average Bonchev–Trinajstić information content (AvgIpc) is 3.39. The molecule has 28 heavy (non-hydrogen) atoms. The first-order valence-electron chi connectivity index (χ1n) is 9.82. The van der Waals surface area contributed by atoms with E-state index in [0.717, 1.165) is 25.0 Å². The molecule has 0 aliphatic carbocycles. The zero-order valence-corrected chi connectivity index (χ0v) is 16.8. The first-order valence-corrected chi connectivity index (χ1v) is 10.7. The number of rotatable bonds is 4. The Hall–Kier alpha value is -2.48. The van der Waals surface area contributed by atoms with Crippen molar-refractivity contribution in [1.82, 2.24) is 19.8 Å². The van der Waals surface area contributed by atoms with Crippen molar-refractivity contribution >= 4 is 23.2 Å². The summed E-state index contributed by atoms with van der Waals surface area (Å²) in [7, 11) is 0. The highest BCUT2D eigenvalue weighted by molar-refractivity contribution is 7.12. The molecule has 1 fully saturated rings. The number of H-pyrrole nitrogens is 1. The van der Waals surface area contributed by atoms with Gasteiger partial charge in [-0.05, 0) is 30.7 Å². The van der Waals surface area contributed by atoms with Gasteiger partial charge in [-0.25, -0.2) is 4.98 Å². The number of likely N-dealkylation sites (tertiary alicyclic amines) is 1. The summed E-state index contributed by atoms with van der Waals surface area (Å²) in [6, 6.07) is 3.50. The van der Waals surface area contributed by atoms with E-state index >= 15 is 0 Å². The summed E-state index contributed by atoms with van der Waals surface area (Å²) >= 11 is 1.41. The normalized spacial score (nSPS) is 19.0. The lowest BCUT2D eigenvalue weighted by molar-refractivity contribution is -0.132. The number of nitrogens with one attached hydrogen (secondary N) is 1. The maximum atomic E-state index is 12.8. The molecule has 7 nitrogen and oxygen atoms in total. The monoisotopic (exact) mass is 400 g/mol. The quantitative estimate of drug-likeness (QED) is 0.854. The number of thiophene rings is 1. The Balaban J connectivity index is 1.57. The highest BCUT2D eigenvalue weighted by Crippen LogP contribution is 2.31. The van der Waals surface area contributed by atoms with Gasteiger partial charge in [0.05, 0.1) is 28.7 Å². The van der Waals surface area contributed by atoms with Crippen molar-refractivity contribution in [3.8, 4) is 0 Å². The number of fused-ring (bicyclic) bond motifs is 1. The summed E-state index contributed by atoms with van der Waals surface area (Å²) in [5, 5.41) is 1.87. The molecule has 1 N–H and O–H groups in total. The number of carbonyl (C=O) groups excluding carboxylic acids is 2. The second-order valence-corrected chi connectivity index (χ2v) is 8.27. The Labute approximate surface area is 167 Å². The molecule has 4 rings (SSSR count). The zero-order chi connectivity index (χ0) is 19.7. The smallest absolute Gasteiger partial charge is 0.264 e. The lowest BCUT2D eigenvalue weighted by Gasteiger charge is -2.29. The van der Waals surface area contributed by atoms with Gasteiger partial charge in [-0.1, -0.05) is 13.0 Å². The fourth-order valence-corrected chi connectivity index (χ4v) is 4.73. The minimum absolute atomic E-state index is 0.0451. The van der Waals surface area contributed by atoms with Gasteiger partial charge in [0.15, 0.2) is 0 Å². The van der Waals surface area contributed by atoms with E-state index in [2.05, 4.69) is 4.98 Å². The molecule has 0 bridgehead atoms. The maximum Gasteiger partial charge on any atom is 0.264 e. The molecule has 0 radical (unpaired) electrons. The summed E-state index contributed by atoms with van der Waals surface area (Å²) in [5.41, 5.74) is 1.12. The molecule has 1 saturated heterocycles. The van der Waals surface area contributed by atoms with Crippen molar-refractivity contribution in [3.63, 3.8) is 0 Å². The van der Waals surface area contributed by atoms with Crippen molar-refractivity contribution < 1.29 is 9.59 Å². The minimum atomic E-state index is -0.196. The number of nitrogens with zero attached hydrogens (tertiary/aromatic N) is 3. The van der Waals surface area contributed by atoms with Crippen LogP contribution >= 0.6 is 11.3 Å². The summed E-state index contributed by atoms with van der Waals surface area (Å²) in [6.07, 6.45) is 3.62. The molecule has 1 unspecified atom stereocenters. The predicted octanol–water partition coefficient (Wildman–Crippen LogP) is 2.49. The standard InChI is InChI=1S/C20H24N4O3S/c1-2-5-17(25)24-9-3-6-15(24)18-21-14-8-10-23(12-13(14)19(26)22-18)20(27)16-7-4-11-28-16/h4,7,11,15H,2-3,5-6,8-10,12H2,1H3,(H,21,22,26). The molecule has 0 saturated carbocycles. The molecular weight excluding hydrogens is 376 g/mol. The van der Waals surface area contributed by atoms with Crippen LogP contribution in [0.1, 0.15) is 65.4 Å². The fraction of sp³-hybridized carbons (Fsp3) is 0.500. The second kappa shape index (κ2) is 7.87. The van der Waals surface area contributed by atoms with E-state index in [1.807, 2.05) is 23.3 Å². The largest absolute Gasteiger partial charge is 0.333 e. The summed E-state index contributed by atoms with van der Waals surface area (Å²) in [4.78, 5) is 49.6. The van der Waals surface area contributed by atoms with Crippen LogP contribution in [0.4, 0.5) is 0 Å². The minimum Gasteiger partial charge on any atom is -0.333 e. The van der Waals surface area contributed by atoms with E-state index in [9.17, 15) is 14.4 Å². The van der Waals surface area contributed by atoms with Gasteiger partial charge in [0.1, 0.15) is 5.82 Å².